The molecule has 0 saturated heterocycles. The highest BCUT2D eigenvalue weighted by Gasteiger charge is 2.14. The molecule has 0 aromatic rings. The third kappa shape index (κ3) is 9.68. The molecule has 74 valence electrons. The van der Waals surface area contributed by atoms with E-state index in [1.807, 2.05) is 0 Å². The van der Waals surface area contributed by atoms with E-state index in [9.17, 15) is 15.0 Å². The van der Waals surface area contributed by atoms with E-state index in [2.05, 4.69) is 0 Å². The summed E-state index contributed by atoms with van der Waals surface area (Å²) in [4.78, 5) is 10.1. The molecule has 0 fully saturated rings. The number of nitrogens with zero attached hydrogens (tertiary/aromatic N) is 1. The number of halogens is 1. The van der Waals surface area contributed by atoms with E-state index in [-0.39, 0.29) is 19.0 Å². The molecule has 1 N–H and O–H groups in total. The van der Waals surface area contributed by atoms with Gasteiger partial charge in [-0.25, -0.2) is 0 Å². The lowest BCUT2D eigenvalue weighted by Crippen LogP contribution is -2.43. The first-order valence-corrected chi connectivity index (χ1v) is 3.27. The number of hydrogen-bond donors (Lipinski definition) is 1. The third-order valence-electron chi connectivity index (χ3n) is 1.07. The van der Waals surface area contributed by atoms with Crippen LogP contribution in [0.3, 0.4) is 0 Å². The number of quaternary nitrogens is 1. The van der Waals surface area contributed by atoms with E-state index >= 15 is 0 Å². The van der Waals surface area contributed by atoms with E-state index in [1.165, 1.54) is 14.1 Å². The van der Waals surface area contributed by atoms with Crippen molar-refractivity contribution in [2.75, 3.05) is 27.6 Å². The first-order valence-electron chi connectivity index (χ1n) is 4.77. The fraction of sp³-hybridized carbons (Fsp3) is 0.857. The minimum atomic E-state index is -2.27. The van der Waals surface area contributed by atoms with Gasteiger partial charge < -0.3 is 19.5 Å². The third-order valence-corrected chi connectivity index (χ3v) is 1.07. The molecule has 0 amide bonds. The predicted octanol–water partition coefficient (Wildman–Crippen LogP) is -1.38. The van der Waals surface area contributed by atoms with Gasteiger partial charge in [-0.2, -0.15) is 0 Å². The maximum atomic E-state index is 10.1. The Kier molecular flexibility index (Phi) is 3.69. The normalized spacial score (nSPS) is 18.1. The van der Waals surface area contributed by atoms with E-state index in [0.29, 0.717) is 0 Å². The Bertz CT molecular complexity index is 220. The number of carboxylic acids is 1. The minimum absolute atomic E-state index is 0. The molecule has 0 radical (unpaired) electrons. The molecular formula is C7H16ClNO3. The second-order valence-corrected chi connectivity index (χ2v) is 3.10. The number of rotatable bonds is 4. The van der Waals surface area contributed by atoms with Gasteiger partial charge in [-0.1, -0.05) is 0 Å². The van der Waals surface area contributed by atoms with Gasteiger partial charge in [0.25, 0.3) is 0 Å². The maximum Gasteiger partial charge on any atom is 0.108 e. The lowest BCUT2D eigenvalue weighted by Gasteiger charge is -2.26. The maximum absolute atomic E-state index is 10.1. The topological polar surface area (TPSA) is 60.4 Å². The fourth-order valence-electron chi connectivity index (χ4n) is 0.784. The molecule has 1 atom stereocenters. The smallest absolute Gasteiger partial charge is 0.108 e. The summed E-state index contributed by atoms with van der Waals surface area (Å²) in [6.07, 6.45) is -1.74. The number of aliphatic hydroxyl groups is 1. The van der Waals surface area contributed by atoms with Gasteiger partial charge >= 0.3 is 0 Å². The summed E-state index contributed by atoms with van der Waals surface area (Å²) in [6.45, 7) is -2.42. The highest BCUT2D eigenvalue weighted by molar-refractivity contribution is 5.85. The van der Waals surface area contributed by atoms with Crippen LogP contribution in [-0.4, -0.2) is 49.3 Å². The van der Waals surface area contributed by atoms with Crippen molar-refractivity contribution in [1.29, 1.82) is 0 Å². The van der Waals surface area contributed by atoms with E-state index in [0.717, 1.165) is 0 Å². The molecule has 0 aromatic carbocycles. The summed E-state index contributed by atoms with van der Waals surface area (Å²) in [6, 6.07) is 0. The Balaban J connectivity index is 0. The summed E-state index contributed by atoms with van der Waals surface area (Å²) in [7, 11) is 2.82. The van der Waals surface area contributed by atoms with Gasteiger partial charge in [0.15, 0.2) is 0 Å². The van der Waals surface area contributed by atoms with Crippen LogP contribution in [-0.2, 0) is 4.79 Å². The van der Waals surface area contributed by atoms with Gasteiger partial charge in [0.05, 0.1) is 25.2 Å². The van der Waals surface area contributed by atoms with E-state index in [4.69, 9.17) is 4.11 Å². The molecule has 0 unspecified atom stereocenters. The molecule has 4 nitrogen and oxygen atoms in total. The van der Waals surface area contributed by atoms with Crippen molar-refractivity contribution in [3.8, 4) is 0 Å². The zero-order valence-corrected chi connectivity index (χ0v) is 7.93. The van der Waals surface area contributed by atoms with Crippen LogP contribution >= 0.6 is 12.4 Å². The highest BCUT2D eigenvalue weighted by Crippen LogP contribution is 1.97. The molecule has 0 bridgehead atoms. The number of likely N-dealkylation sites (N-methyl/N-ethyl adjacent to an activating group) is 1. The number of aliphatic carboxylic acids is 1. The quantitative estimate of drug-likeness (QED) is 0.450. The molecule has 12 heavy (non-hydrogen) atoms. The van der Waals surface area contributed by atoms with Crippen molar-refractivity contribution in [3.05, 3.63) is 0 Å². The van der Waals surface area contributed by atoms with Crippen molar-refractivity contribution in [1.82, 2.24) is 0 Å². The van der Waals surface area contributed by atoms with Crippen LogP contribution in [0.15, 0.2) is 0 Å². The molecule has 0 rings (SSSR count). The number of carbonyl (C=O) groups is 1. The van der Waals surface area contributed by atoms with Crippen molar-refractivity contribution >= 4 is 18.4 Å². The predicted molar refractivity (Wildman–Crippen MR) is 45.8 cm³/mol. The Morgan fingerprint density at radius 3 is 2.58 bits per heavy atom. The van der Waals surface area contributed by atoms with Gasteiger partial charge in [-0.3, -0.25) is 0 Å². The van der Waals surface area contributed by atoms with E-state index < -0.39 is 30.0 Å². The molecule has 0 heterocycles. The summed E-state index contributed by atoms with van der Waals surface area (Å²) >= 11 is 0. The monoisotopic (exact) mass is 201 g/mol. The highest BCUT2D eigenvalue weighted by atomic mass is 35.5. The lowest BCUT2D eigenvalue weighted by atomic mass is 10.2. The molecule has 0 aliphatic carbocycles. The largest absolute Gasteiger partial charge is 0.550 e. The van der Waals surface area contributed by atoms with Crippen LogP contribution in [0, 0.1) is 0 Å². The number of hydrogen-bond acceptors (Lipinski definition) is 3. The summed E-state index contributed by atoms with van der Waals surface area (Å²) in [5.41, 5.74) is 0. The Morgan fingerprint density at radius 2 is 2.25 bits per heavy atom. The molecule has 0 aliphatic heterocycles. The molecule has 0 aliphatic rings. The molecule has 5 heteroatoms. The van der Waals surface area contributed by atoms with Crippen molar-refractivity contribution in [2.45, 2.75) is 12.5 Å². The van der Waals surface area contributed by atoms with Crippen LogP contribution in [0.25, 0.3) is 0 Å². The average Bonchev–Trinajstić information content (AvgIpc) is 1.79. The number of carboxylic acid groups (broad SMARTS) is 1. The summed E-state index contributed by atoms with van der Waals surface area (Å²) in [5, 5.41) is 19.4. The van der Waals surface area contributed by atoms with Crippen LogP contribution < -0.4 is 5.11 Å². The van der Waals surface area contributed by atoms with Gasteiger partial charge in [-0.05, 0) is 0 Å². The van der Waals surface area contributed by atoms with Crippen molar-refractivity contribution in [2.24, 2.45) is 0 Å². The SMILES string of the molecule is Cl.[2H][13C]([2H])([2H])[N+](C)(C)C[C@H](O)CC(=O)[O-]. The first-order chi connectivity index (χ1) is 6.06. The second kappa shape index (κ2) is 5.35. The molecule has 0 aromatic heterocycles. The first kappa shape index (κ1) is 8.29. The Hall–Kier alpha value is -0.320. The van der Waals surface area contributed by atoms with E-state index in [1.54, 1.807) is 0 Å². The molecular weight excluding hydrogens is 183 g/mol. The lowest BCUT2D eigenvalue weighted by molar-refractivity contribution is -0.873. The van der Waals surface area contributed by atoms with Crippen LogP contribution in [0.4, 0.5) is 0 Å². The molecule has 0 spiro atoms. The average molecular weight is 202 g/mol. The van der Waals surface area contributed by atoms with Crippen LogP contribution in [0.5, 0.6) is 0 Å². The number of aliphatic hydroxyl groups excluding tert-OH is 1. The van der Waals surface area contributed by atoms with Gasteiger partial charge in [0.1, 0.15) is 12.6 Å². The standard InChI is InChI=1S/C7H15NO3.ClH/c1-8(2,3)5-6(9)4-7(10)11;/h6,9H,4-5H2,1-3H3;1H/t6-;/m1./s1/i1+1D3;. The fourth-order valence-corrected chi connectivity index (χ4v) is 0.784. The van der Waals surface area contributed by atoms with Gasteiger partial charge in [0.2, 0.25) is 0 Å². The zero-order chi connectivity index (χ0) is 11.6. The second-order valence-electron chi connectivity index (χ2n) is 3.10. The van der Waals surface area contributed by atoms with Crippen LogP contribution in [0.2, 0.25) is 0 Å². The zero-order valence-electron chi connectivity index (χ0n) is 10.1. The summed E-state index contributed by atoms with van der Waals surface area (Å²) < 4.78 is 21.0. The Labute approximate surface area is 83.0 Å². The minimum Gasteiger partial charge on any atom is -0.550 e. The molecule has 0 saturated carbocycles. The Morgan fingerprint density at radius 1 is 1.75 bits per heavy atom. The van der Waals surface area contributed by atoms with Crippen molar-refractivity contribution < 1.29 is 23.6 Å². The van der Waals surface area contributed by atoms with Crippen LogP contribution in [0.1, 0.15) is 10.5 Å². The summed E-state index contributed by atoms with van der Waals surface area (Å²) in [5.74, 6) is -1.39. The van der Waals surface area contributed by atoms with Crippen molar-refractivity contribution in [3.63, 3.8) is 0 Å². The van der Waals surface area contributed by atoms with Gasteiger partial charge in [0, 0.05) is 12.4 Å². The number of carbonyl (C=O) groups excluding carboxylic acids is 1. The van der Waals surface area contributed by atoms with Gasteiger partial charge in [-0.15, -0.1) is 12.4 Å².